The van der Waals surface area contributed by atoms with Gasteiger partial charge < -0.3 is 9.84 Å². The van der Waals surface area contributed by atoms with Crippen molar-refractivity contribution in [1.29, 1.82) is 0 Å². The fourth-order valence-electron chi connectivity index (χ4n) is 5.69. The van der Waals surface area contributed by atoms with Gasteiger partial charge in [0.05, 0.1) is 24.4 Å². The van der Waals surface area contributed by atoms with E-state index < -0.39 is 6.10 Å². The lowest BCUT2D eigenvalue weighted by Gasteiger charge is -2.51. The van der Waals surface area contributed by atoms with Gasteiger partial charge in [0.15, 0.2) is 0 Å². The van der Waals surface area contributed by atoms with Gasteiger partial charge in [-0.25, -0.2) is 4.98 Å². The first-order valence-corrected chi connectivity index (χ1v) is 12.9. The van der Waals surface area contributed by atoms with Crippen LogP contribution in [0.15, 0.2) is 53.4 Å². The molecule has 0 saturated carbocycles. The average Bonchev–Trinajstić information content (AvgIpc) is 2.87. The number of aromatic nitrogens is 1. The molecule has 0 aliphatic carbocycles. The minimum absolute atomic E-state index is 0.167. The number of piperidine rings is 3. The highest BCUT2D eigenvalue weighted by Gasteiger charge is 2.42. The van der Waals surface area contributed by atoms with Gasteiger partial charge in [-0.05, 0) is 79.4 Å². The number of benzene rings is 2. The Kier molecular flexibility index (Phi) is 6.15. The summed E-state index contributed by atoms with van der Waals surface area (Å²) in [4.78, 5) is 8.71. The molecule has 3 aliphatic rings. The smallest absolute Gasteiger partial charge is 0.119 e. The van der Waals surface area contributed by atoms with Crippen LogP contribution in [0.5, 0.6) is 5.75 Å². The van der Waals surface area contributed by atoms with Gasteiger partial charge in [0.1, 0.15) is 5.75 Å². The van der Waals surface area contributed by atoms with Gasteiger partial charge in [0.25, 0.3) is 0 Å². The van der Waals surface area contributed by atoms with Crippen LogP contribution in [0.2, 0.25) is 0 Å². The van der Waals surface area contributed by atoms with Gasteiger partial charge in [0.2, 0.25) is 0 Å². The molecule has 3 fully saturated rings. The van der Waals surface area contributed by atoms with Crippen LogP contribution in [0.1, 0.15) is 37.9 Å². The summed E-state index contributed by atoms with van der Waals surface area (Å²) in [5.74, 6) is 2.29. The summed E-state index contributed by atoms with van der Waals surface area (Å²) in [5, 5.41) is 12.7. The molecular formula is C27H32N2O2S. The fourth-order valence-corrected chi connectivity index (χ4v) is 6.10. The second-order valence-electron chi connectivity index (χ2n) is 9.17. The number of ether oxygens (including phenoxy) is 1. The van der Waals surface area contributed by atoms with Gasteiger partial charge in [-0.1, -0.05) is 25.5 Å². The summed E-state index contributed by atoms with van der Waals surface area (Å²) in [6, 6.07) is 16.7. The third-order valence-electron chi connectivity index (χ3n) is 7.58. The maximum atomic E-state index is 11.7. The second kappa shape index (κ2) is 9.05. The number of aliphatic hydroxyl groups is 1. The van der Waals surface area contributed by atoms with E-state index in [-0.39, 0.29) is 6.04 Å². The maximum absolute atomic E-state index is 11.7. The van der Waals surface area contributed by atoms with Crippen molar-refractivity contribution in [2.45, 2.75) is 43.2 Å². The van der Waals surface area contributed by atoms with Crippen molar-refractivity contribution >= 4 is 22.7 Å². The molecule has 6 rings (SSSR count). The van der Waals surface area contributed by atoms with Gasteiger partial charge in [-0.3, -0.25) is 4.90 Å². The first-order valence-electron chi connectivity index (χ1n) is 11.7. The normalized spacial score (nSPS) is 25.8. The molecule has 5 atom stereocenters. The average molecular weight is 449 g/mol. The van der Waals surface area contributed by atoms with Gasteiger partial charge in [-0.2, -0.15) is 0 Å². The van der Waals surface area contributed by atoms with E-state index in [0.29, 0.717) is 0 Å². The molecule has 1 aromatic heterocycles. The third kappa shape index (κ3) is 3.91. The monoisotopic (exact) mass is 448 g/mol. The number of aliphatic hydroxyl groups excluding tert-OH is 1. The summed E-state index contributed by atoms with van der Waals surface area (Å²) in [7, 11) is 1.68. The van der Waals surface area contributed by atoms with E-state index in [9.17, 15) is 5.11 Å². The molecule has 3 saturated heterocycles. The highest BCUT2D eigenvalue weighted by atomic mass is 32.2. The Labute approximate surface area is 195 Å². The molecular weight excluding hydrogens is 416 g/mol. The molecule has 4 heterocycles. The summed E-state index contributed by atoms with van der Waals surface area (Å²) in [5.41, 5.74) is 3.84. The number of fused-ring (bicyclic) bond motifs is 4. The van der Waals surface area contributed by atoms with E-state index in [1.807, 2.05) is 18.2 Å². The van der Waals surface area contributed by atoms with E-state index >= 15 is 0 Å². The van der Waals surface area contributed by atoms with Gasteiger partial charge >= 0.3 is 0 Å². The molecule has 2 bridgehead atoms. The highest BCUT2D eigenvalue weighted by Crippen LogP contribution is 2.43. The van der Waals surface area contributed by atoms with Crippen LogP contribution in [0.3, 0.4) is 0 Å². The predicted octanol–water partition coefficient (Wildman–Crippen LogP) is 5.79. The second-order valence-corrected chi connectivity index (χ2v) is 10.0. The van der Waals surface area contributed by atoms with E-state index in [2.05, 4.69) is 48.4 Å². The molecule has 1 unspecified atom stereocenters. The number of rotatable bonds is 6. The van der Waals surface area contributed by atoms with E-state index in [1.54, 1.807) is 18.9 Å². The Morgan fingerprint density at radius 1 is 1.19 bits per heavy atom. The van der Waals surface area contributed by atoms with Crippen LogP contribution in [0.25, 0.3) is 22.2 Å². The molecule has 5 heteroatoms. The van der Waals surface area contributed by atoms with Crippen molar-refractivity contribution in [1.82, 2.24) is 9.88 Å². The molecule has 3 aromatic rings. The zero-order chi connectivity index (χ0) is 22.2. The molecule has 0 radical (unpaired) electrons. The summed E-state index contributed by atoms with van der Waals surface area (Å²) < 4.78 is 5.50. The van der Waals surface area contributed by atoms with Gasteiger partial charge in [0, 0.05) is 28.4 Å². The zero-order valence-corrected chi connectivity index (χ0v) is 19.9. The van der Waals surface area contributed by atoms with Crippen LogP contribution in [-0.2, 0) is 0 Å². The maximum Gasteiger partial charge on any atom is 0.119 e. The highest BCUT2D eigenvalue weighted by molar-refractivity contribution is 7.98. The SMILES string of the molecule is CC[C@H]1CN2CC[C@H]1C[C@H]2[C@H](O)c1cc(-c2ccc(SC)cc2)nc2ccc(OC)cc12. The predicted molar refractivity (Wildman–Crippen MR) is 132 cm³/mol. The summed E-state index contributed by atoms with van der Waals surface area (Å²) >= 11 is 1.74. The molecule has 168 valence electrons. The van der Waals surface area contributed by atoms with Crippen LogP contribution >= 0.6 is 11.8 Å². The van der Waals surface area contributed by atoms with Crippen molar-refractivity contribution in [3.05, 3.63) is 54.1 Å². The zero-order valence-electron chi connectivity index (χ0n) is 19.1. The molecule has 0 amide bonds. The molecule has 2 aromatic carbocycles. The van der Waals surface area contributed by atoms with Crippen molar-refractivity contribution in [3.8, 4) is 17.0 Å². The van der Waals surface area contributed by atoms with E-state index in [0.717, 1.165) is 64.8 Å². The topological polar surface area (TPSA) is 45.6 Å². The lowest BCUT2D eigenvalue weighted by atomic mass is 9.72. The standard InChI is InChI=1S/C27H32N2O2S/c1-4-17-16-29-12-11-19(17)13-26(29)27(30)23-15-25(18-5-8-21(32-3)9-6-18)28-24-10-7-20(31-2)14-22(23)24/h5-10,14-15,17,19,26-27,30H,4,11-13,16H2,1-3H3/t17-,19-,26-,27+/m0/s1. The minimum atomic E-state index is -0.544. The Balaban J connectivity index is 1.58. The van der Waals surface area contributed by atoms with E-state index in [1.165, 1.54) is 17.7 Å². The first kappa shape index (κ1) is 21.7. The lowest BCUT2D eigenvalue weighted by molar-refractivity contribution is -0.0562. The van der Waals surface area contributed by atoms with E-state index in [4.69, 9.17) is 9.72 Å². The third-order valence-corrected chi connectivity index (χ3v) is 8.32. The molecule has 1 N–H and O–H groups in total. The van der Waals surface area contributed by atoms with Crippen molar-refractivity contribution in [2.24, 2.45) is 11.8 Å². The Morgan fingerprint density at radius 2 is 2.00 bits per heavy atom. The fraction of sp³-hybridized carbons (Fsp3) is 0.444. The van der Waals surface area contributed by atoms with Crippen molar-refractivity contribution < 1.29 is 9.84 Å². The number of pyridine rings is 1. The van der Waals surface area contributed by atoms with Gasteiger partial charge in [-0.15, -0.1) is 11.8 Å². The molecule has 3 aliphatic heterocycles. The Morgan fingerprint density at radius 3 is 2.66 bits per heavy atom. The molecule has 32 heavy (non-hydrogen) atoms. The van der Waals surface area contributed by atoms with Crippen LogP contribution < -0.4 is 4.74 Å². The number of hydrogen-bond acceptors (Lipinski definition) is 5. The van der Waals surface area contributed by atoms with Crippen LogP contribution in [0, 0.1) is 11.8 Å². The lowest BCUT2D eigenvalue weighted by Crippen LogP contribution is -2.55. The molecule has 4 nitrogen and oxygen atoms in total. The molecule has 0 spiro atoms. The number of methoxy groups -OCH3 is 1. The Bertz CT molecular complexity index is 1100. The first-order chi connectivity index (χ1) is 15.6. The Hall–Kier alpha value is -2.08. The van der Waals surface area contributed by atoms with Crippen LogP contribution in [-0.4, -0.2) is 47.5 Å². The summed E-state index contributed by atoms with van der Waals surface area (Å²) in [6.07, 6.45) is 5.11. The number of nitrogens with zero attached hydrogens (tertiary/aromatic N) is 2. The summed E-state index contributed by atoms with van der Waals surface area (Å²) in [6.45, 7) is 4.51. The van der Waals surface area contributed by atoms with Crippen molar-refractivity contribution in [2.75, 3.05) is 26.5 Å². The van der Waals surface area contributed by atoms with Crippen molar-refractivity contribution in [3.63, 3.8) is 0 Å². The largest absolute Gasteiger partial charge is 0.497 e. The number of hydrogen-bond donors (Lipinski definition) is 1. The quantitative estimate of drug-likeness (QED) is 0.484. The number of thioether (sulfide) groups is 1. The minimum Gasteiger partial charge on any atom is -0.497 e. The van der Waals surface area contributed by atoms with Crippen LogP contribution in [0.4, 0.5) is 0 Å².